The number of rotatable bonds is 5. The van der Waals surface area contributed by atoms with E-state index in [1.165, 1.54) is 6.07 Å². The molecule has 6 heteroatoms. The van der Waals surface area contributed by atoms with Gasteiger partial charge in [-0.25, -0.2) is 4.79 Å². The average molecular weight is 419 g/mol. The molecule has 3 rings (SSSR count). The van der Waals surface area contributed by atoms with Gasteiger partial charge in [-0.1, -0.05) is 43.1 Å². The second-order valence-electron chi connectivity index (χ2n) is 7.02. The van der Waals surface area contributed by atoms with Crippen molar-refractivity contribution < 1.29 is 13.9 Å². The maximum atomic E-state index is 12.3. The van der Waals surface area contributed by atoms with Crippen molar-refractivity contribution in [2.75, 3.05) is 0 Å². The van der Waals surface area contributed by atoms with Crippen molar-refractivity contribution in [3.8, 4) is 0 Å². The number of aryl methyl sites for hydroxylation is 1. The molecule has 0 fully saturated rings. The van der Waals surface area contributed by atoms with E-state index in [1.807, 2.05) is 19.1 Å². The highest BCUT2D eigenvalue weighted by Gasteiger charge is 2.14. The molecule has 0 aliphatic carbocycles. The number of hydrogen-bond donors (Lipinski definition) is 0. The summed E-state index contributed by atoms with van der Waals surface area (Å²) in [5.74, 6) is -0.124. The molecule has 0 bridgehead atoms. The molecule has 0 amide bonds. The number of fused-ring (bicyclic) bond motifs is 1. The zero-order chi connectivity index (χ0) is 20.4. The maximum absolute atomic E-state index is 12.3. The third-order valence-corrected chi connectivity index (χ3v) is 5.16. The number of esters is 1. The van der Waals surface area contributed by atoms with E-state index >= 15 is 0 Å². The standard InChI is InChI=1S/C22H20Cl2O4/c1-12(2)17-10-18-15(8-22(26)28-20(18)6-13(17)3)11-27-21(25)7-14-4-5-16(23)9-19(14)24/h4-6,8-10,12H,7,11H2,1-3H3. The van der Waals surface area contributed by atoms with Crippen molar-refractivity contribution in [3.63, 3.8) is 0 Å². The van der Waals surface area contributed by atoms with Gasteiger partial charge in [0.15, 0.2) is 0 Å². The minimum Gasteiger partial charge on any atom is -0.461 e. The SMILES string of the molecule is Cc1cc2oc(=O)cc(COC(=O)Cc3ccc(Cl)cc3Cl)c2cc1C(C)C. The van der Waals surface area contributed by atoms with Crippen LogP contribution in [0.4, 0.5) is 0 Å². The fraction of sp³-hybridized carbons (Fsp3) is 0.273. The van der Waals surface area contributed by atoms with Crippen molar-refractivity contribution in [2.45, 2.75) is 39.7 Å². The topological polar surface area (TPSA) is 56.5 Å². The van der Waals surface area contributed by atoms with Gasteiger partial charge in [0.1, 0.15) is 12.2 Å². The first-order valence-electron chi connectivity index (χ1n) is 8.91. The molecule has 0 N–H and O–H groups in total. The van der Waals surface area contributed by atoms with E-state index in [-0.39, 0.29) is 13.0 Å². The first-order valence-corrected chi connectivity index (χ1v) is 9.67. The highest BCUT2D eigenvalue weighted by Crippen LogP contribution is 2.27. The highest BCUT2D eigenvalue weighted by molar-refractivity contribution is 6.35. The highest BCUT2D eigenvalue weighted by atomic mass is 35.5. The molecule has 0 atom stereocenters. The van der Waals surface area contributed by atoms with Crippen LogP contribution in [-0.4, -0.2) is 5.97 Å². The van der Waals surface area contributed by atoms with Crippen LogP contribution in [0.15, 0.2) is 45.6 Å². The summed E-state index contributed by atoms with van der Waals surface area (Å²) in [5.41, 5.74) is 3.46. The summed E-state index contributed by atoms with van der Waals surface area (Å²) in [6.07, 6.45) is 0.0196. The molecule has 0 saturated carbocycles. The summed E-state index contributed by atoms with van der Waals surface area (Å²) in [6, 6.07) is 10.2. The molecule has 0 aliphatic rings. The van der Waals surface area contributed by atoms with Gasteiger partial charge in [0, 0.05) is 27.1 Å². The lowest BCUT2D eigenvalue weighted by Crippen LogP contribution is -2.10. The minimum atomic E-state index is -0.476. The number of ether oxygens (including phenoxy) is 1. The number of carbonyl (C=O) groups is 1. The molecule has 0 spiro atoms. The normalized spacial score (nSPS) is 11.2. The van der Waals surface area contributed by atoms with E-state index in [1.54, 1.807) is 18.2 Å². The predicted octanol–water partition coefficient (Wildman–Crippen LogP) is 5.82. The van der Waals surface area contributed by atoms with Crippen LogP contribution in [0.5, 0.6) is 0 Å². The van der Waals surface area contributed by atoms with Crippen molar-refractivity contribution in [1.82, 2.24) is 0 Å². The van der Waals surface area contributed by atoms with Crippen LogP contribution >= 0.6 is 23.2 Å². The third kappa shape index (κ3) is 4.57. The third-order valence-electron chi connectivity index (χ3n) is 4.58. The van der Waals surface area contributed by atoms with Gasteiger partial charge in [-0.15, -0.1) is 0 Å². The Morgan fingerprint density at radius 1 is 1.11 bits per heavy atom. The average Bonchev–Trinajstić information content (AvgIpc) is 2.61. The largest absolute Gasteiger partial charge is 0.461 e. The van der Waals surface area contributed by atoms with Gasteiger partial charge in [0.2, 0.25) is 0 Å². The Balaban J connectivity index is 1.84. The fourth-order valence-electron chi connectivity index (χ4n) is 3.16. The van der Waals surface area contributed by atoms with E-state index < -0.39 is 11.6 Å². The summed E-state index contributed by atoms with van der Waals surface area (Å²) in [5, 5.41) is 1.68. The van der Waals surface area contributed by atoms with Crippen molar-refractivity contribution in [2.24, 2.45) is 0 Å². The smallest absolute Gasteiger partial charge is 0.336 e. The van der Waals surface area contributed by atoms with Gasteiger partial charge in [0.25, 0.3) is 0 Å². The lowest BCUT2D eigenvalue weighted by atomic mass is 9.95. The first kappa shape index (κ1) is 20.4. The Bertz CT molecular complexity index is 1100. The fourth-order valence-corrected chi connectivity index (χ4v) is 3.64. The molecule has 0 radical (unpaired) electrons. The molecule has 0 aliphatic heterocycles. The van der Waals surface area contributed by atoms with Crippen LogP contribution < -0.4 is 5.63 Å². The molecule has 2 aromatic carbocycles. The quantitative estimate of drug-likeness (QED) is 0.386. The van der Waals surface area contributed by atoms with Gasteiger partial charge >= 0.3 is 11.6 Å². The van der Waals surface area contributed by atoms with E-state index in [2.05, 4.69) is 13.8 Å². The van der Waals surface area contributed by atoms with Gasteiger partial charge in [-0.05, 0) is 53.8 Å². The Hall–Kier alpha value is -2.30. The van der Waals surface area contributed by atoms with Crippen LogP contribution in [-0.2, 0) is 22.6 Å². The number of halogens is 2. The van der Waals surface area contributed by atoms with Crippen molar-refractivity contribution in [3.05, 3.63) is 79.1 Å². The van der Waals surface area contributed by atoms with E-state index in [0.29, 0.717) is 32.7 Å². The van der Waals surface area contributed by atoms with Crippen LogP contribution in [0.1, 0.15) is 42.0 Å². The van der Waals surface area contributed by atoms with E-state index in [9.17, 15) is 9.59 Å². The molecule has 0 saturated heterocycles. The Morgan fingerprint density at radius 2 is 1.86 bits per heavy atom. The molecule has 0 unspecified atom stereocenters. The molecule has 146 valence electrons. The Kier molecular flexibility index (Phi) is 6.11. The first-order chi connectivity index (χ1) is 13.2. The monoisotopic (exact) mass is 418 g/mol. The zero-order valence-electron chi connectivity index (χ0n) is 15.8. The molecule has 3 aromatic rings. The summed E-state index contributed by atoms with van der Waals surface area (Å²) >= 11 is 12.0. The predicted molar refractivity (Wildman–Crippen MR) is 111 cm³/mol. The molecular weight excluding hydrogens is 399 g/mol. The van der Waals surface area contributed by atoms with Crippen molar-refractivity contribution >= 4 is 40.1 Å². The van der Waals surface area contributed by atoms with E-state index in [0.717, 1.165) is 16.5 Å². The second-order valence-corrected chi connectivity index (χ2v) is 7.87. The van der Waals surface area contributed by atoms with Crippen LogP contribution in [0.3, 0.4) is 0 Å². The lowest BCUT2D eigenvalue weighted by Gasteiger charge is -2.13. The van der Waals surface area contributed by atoms with Crippen LogP contribution in [0.2, 0.25) is 10.0 Å². The van der Waals surface area contributed by atoms with Crippen molar-refractivity contribution in [1.29, 1.82) is 0 Å². The Labute approximate surface area is 173 Å². The Morgan fingerprint density at radius 3 is 2.54 bits per heavy atom. The molecule has 1 aromatic heterocycles. The van der Waals surface area contributed by atoms with Gasteiger partial charge in [-0.3, -0.25) is 4.79 Å². The molecule has 28 heavy (non-hydrogen) atoms. The summed E-state index contributed by atoms with van der Waals surface area (Å²) in [4.78, 5) is 24.2. The second kappa shape index (κ2) is 8.38. The summed E-state index contributed by atoms with van der Waals surface area (Å²) in [6.45, 7) is 6.16. The molecule has 4 nitrogen and oxygen atoms in total. The van der Waals surface area contributed by atoms with Gasteiger partial charge < -0.3 is 9.15 Å². The summed E-state index contributed by atoms with van der Waals surface area (Å²) < 4.78 is 10.7. The van der Waals surface area contributed by atoms with Gasteiger partial charge in [-0.2, -0.15) is 0 Å². The number of benzene rings is 2. The summed E-state index contributed by atoms with van der Waals surface area (Å²) in [7, 11) is 0. The number of hydrogen-bond acceptors (Lipinski definition) is 4. The molecular formula is C22H20Cl2O4. The molecule has 1 heterocycles. The van der Waals surface area contributed by atoms with Gasteiger partial charge in [0.05, 0.1) is 6.42 Å². The lowest BCUT2D eigenvalue weighted by molar-refractivity contribution is -0.144. The number of carbonyl (C=O) groups excluding carboxylic acids is 1. The van der Waals surface area contributed by atoms with Crippen LogP contribution in [0, 0.1) is 6.92 Å². The zero-order valence-corrected chi connectivity index (χ0v) is 17.4. The van der Waals surface area contributed by atoms with Crippen LogP contribution in [0.25, 0.3) is 11.0 Å². The maximum Gasteiger partial charge on any atom is 0.336 e. The minimum absolute atomic E-state index is 0.0196. The van der Waals surface area contributed by atoms with E-state index in [4.69, 9.17) is 32.4 Å².